The molecule has 5 nitrogen and oxygen atoms in total. The summed E-state index contributed by atoms with van der Waals surface area (Å²) in [6, 6.07) is 20.1. The van der Waals surface area contributed by atoms with Gasteiger partial charge in [0.15, 0.2) is 5.82 Å². The van der Waals surface area contributed by atoms with Gasteiger partial charge in [-0.15, -0.1) is 0 Å². The zero-order valence-corrected chi connectivity index (χ0v) is 17.5. The summed E-state index contributed by atoms with van der Waals surface area (Å²) in [5, 5.41) is 5.57. The molecule has 6 rings (SSSR count). The van der Waals surface area contributed by atoms with Crippen LogP contribution in [0, 0.1) is 6.92 Å². The number of fused-ring (bicyclic) bond motifs is 4. The Morgan fingerprint density at radius 1 is 0.935 bits per heavy atom. The van der Waals surface area contributed by atoms with Crippen LogP contribution in [0.5, 0.6) is 0 Å². The highest BCUT2D eigenvalue weighted by molar-refractivity contribution is 6.30. The molecule has 0 N–H and O–H groups in total. The molecule has 0 aliphatic carbocycles. The zero-order chi connectivity index (χ0) is 20.9. The molecular formula is C25H18ClN5. The lowest BCUT2D eigenvalue weighted by molar-refractivity contribution is 0.808. The Hall–Kier alpha value is -3.70. The van der Waals surface area contributed by atoms with E-state index < -0.39 is 0 Å². The van der Waals surface area contributed by atoms with Crippen LogP contribution in [0.25, 0.3) is 11.8 Å². The van der Waals surface area contributed by atoms with E-state index in [2.05, 4.69) is 52.4 Å². The maximum Gasteiger partial charge on any atom is 0.163 e. The Kier molecular flexibility index (Phi) is 4.04. The van der Waals surface area contributed by atoms with Crippen molar-refractivity contribution in [1.82, 2.24) is 14.8 Å². The van der Waals surface area contributed by atoms with Crippen LogP contribution >= 0.6 is 11.6 Å². The number of hydrogen-bond acceptors (Lipinski definition) is 4. The normalized spacial score (nSPS) is 16.4. The van der Waals surface area contributed by atoms with Gasteiger partial charge in [-0.1, -0.05) is 35.9 Å². The maximum absolute atomic E-state index is 6.11. The van der Waals surface area contributed by atoms with Gasteiger partial charge in [0.05, 0.1) is 23.1 Å². The highest BCUT2D eigenvalue weighted by Gasteiger charge is 2.38. The number of aryl methyl sites for hydroxylation is 1. The number of aromatic nitrogens is 3. The molecule has 2 aliphatic rings. The van der Waals surface area contributed by atoms with Gasteiger partial charge in [0.25, 0.3) is 0 Å². The molecule has 2 aromatic carbocycles. The number of pyridine rings is 1. The summed E-state index contributed by atoms with van der Waals surface area (Å²) in [5.41, 5.74) is 6.34. The minimum Gasteiger partial charge on any atom is -0.314 e. The van der Waals surface area contributed by atoms with E-state index in [4.69, 9.17) is 21.7 Å². The molecule has 150 valence electrons. The average Bonchev–Trinajstić information content (AvgIpc) is 3.14. The second kappa shape index (κ2) is 6.93. The van der Waals surface area contributed by atoms with Gasteiger partial charge < -0.3 is 4.90 Å². The first-order valence-corrected chi connectivity index (χ1v) is 10.5. The lowest BCUT2D eigenvalue weighted by Crippen LogP contribution is -2.38. The van der Waals surface area contributed by atoms with Crippen molar-refractivity contribution in [3.8, 4) is 5.69 Å². The highest BCUT2D eigenvalue weighted by atomic mass is 35.5. The van der Waals surface area contributed by atoms with E-state index in [-0.39, 0.29) is 6.04 Å². The van der Waals surface area contributed by atoms with Crippen LogP contribution in [-0.4, -0.2) is 20.6 Å². The Morgan fingerprint density at radius 2 is 1.77 bits per heavy atom. The summed E-state index contributed by atoms with van der Waals surface area (Å²) in [5.74, 6) is 1.72. The predicted molar refractivity (Wildman–Crippen MR) is 124 cm³/mol. The van der Waals surface area contributed by atoms with E-state index >= 15 is 0 Å². The molecule has 31 heavy (non-hydrogen) atoms. The molecule has 0 saturated carbocycles. The van der Waals surface area contributed by atoms with E-state index in [0.717, 1.165) is 39.8 Å². The SMILES string of the molecule is Cc1nn(-c2ccc(Cl)cc2)c2c1[C@@H](c1cccnc1)N1C(=N2)C=Cc2ccccc21. The summed E-state index contributed by atoms with van der Waals surface area (Å²) in [7, 11) is 0. The number of halogens is 1. The van der Waals surface area contributed by atoms with Crippen LogP contribution in [0.4, 0.5) is 11.5 Å². The molecular weight excluding hydrogens is 406 g/mol. The molecule has 0 saturated heterocycles. The van der Waals surface area contributed by atoms with Gasteiger partial charge in [0, 0.05) is 23.0 Å². The number of aliphatic imine (C=N–C) groups is 1. The Balaban J connectivity index is 1.63. The Bertz CT molecular complexity index is 1350. The fourth-order valence-corrected chi connectivity index (χ4v) is 4.51. The fraction of sp³-hybridized carbons (Fsp3) is 0.0800. The quantitative estimate of drug-likeness (QED) is 0.403. The van der Waals surface area contributed by atoms with E-state index in [1.165, 1.54) is 5.56 Å². The summed E-state index contributed by atoms with van der Waals surface area (Å²) < 4.78 is 1.91. The van der Waals surface area contributed by atoms with E-state index in [1.807, 2.05) is 48.1 Å². The zero-order valence-electron chi connectivity index (χ0n) is 16.8. The maximum atomic E-state index is 6.11. The van der Waals surface area contributed by atoms with Crippen LogP contribution in [0.1, 0.15) is 28.4 Å². The predicted octanol–water partition coefficient (Wildman–Crippen LogP) is 5.90. The van der Waals surface area contributed by atoms with E-state index in [1.54, 1.807) is 6.20 Å². The van der Waals surface area contributed by atoms with Gasteiger partial charge in [-0.3, -0.25) is 4.98 Å². The molecule has 4 aromatic rings. The Morgan fingerprint density at radius 3 is 2.58 bits per heavy atom. The second-order valence-electron chi connectivity index (χ2n) is 7.63. The smallest absolute Gasteiger partial charge is 0.163 e. The third kappa shape index (κ3) is 2.81. The first-order chi connectivity index (χ1) is 15.2. The summed E-state index contributed by atoms with van der Waals surface area (Å²) in [6.45, 7) is 2.04. The summed E-state index contributed by atoms with van der Waals surface area (Å²) >= 11 is 6.11. The molecule has 0 amide bonds. The van der Waals surface area contributed by atoms with E-state index in [9.17, 15) is 0 Å². The summed E-state index contributed by atoms with van der Waals surface area (Å²) in [4.78, 5) is 11.8. The van der Waals surface area contributed by atoms with Crippen molar-refractivity contribution in [3.63, 3.8) is 0 Å². The van der Waals surface area contributed by atoms with Crippen molar-refractivity contribution in [2.75, 3.05) is 4.90 Å². The largest absolute Gasteiger partial charge is 0.314 e. The number of amidine groups is 1. The molecule has 6 heteroatoms. The second-order valence-corrected chi connectivity index (χ2v) is 8.07. The topological polar surface area (TPSA) is 46.3 Å². The lowest BCUT2D eigenvalue weighted by atomic mass is 9.93. The van der Waals surface area contributed by atoms with Gasteiger partial charge in [-0.25, -0.2) is 9.67 Å². The molecule has 0 bridgehead atoms. The number of para-hydroxylation sites is 1. The third-order valence-corrected chi connectivity index (χ3v) is 6.01. The first kappa shape index (κ1) is 18.1. The highest BCUT2D eigenvalue weighted by Crippen LogP contribution is 2.46. The minimum atomic E-state index is -0.0802. The lowest BCUT2D eigenvalue weighted by Gasteiger charge is -2.39. The average molecular weight is 424 g/mol. The standard InChI is InChI=1S/C25H18ClN5/c1-16-23-24(18-6-4-14-27-15-18)30-21-7-3-2-5-17(21)8-13-22(30)28-25(23)31(29-16)20-11-9-19(26)10-12-20/h2-15,24H,1H3/t24-/m1/s1. The van der Waals surface area contributed by atoms with Crippen LogP contribution in [-0.2, 0) is 0 Å². The molecule has 0 unspecified atom stereocenters. The molecule has 0 spiro atoms. The number of benzene rings is 2. The number of anilines is 1. The third-order valence-electron chi connectivity index (χ3n) is 5.76. The first-order valence-electron chi connectivity index (χ1n) is 10.1. The van der Waals surface area contributed by atoms with Crippen LogP contribution < -0.4 is 4.90 Å². The van der Waals surface area contributed by atoms with Crippen molar-refractivity contribution in [2.45, 2.75) is 13.0 Å². The minimum absolute atomic E-state index is 0.0802. The molecule has 0 fully saturated rings. The van der Waals surface area contributed by atoms with Crippen molar-refractivity contribution < 1.29 is 0 Å². The van der Waals surface area contributed by atoms with Crippen molar-refractivity contribution in [3.05, 3.63) is 107 Å². The van der Waals surface area contributed by atoms with Crippen LogP contribution in [0.3, 0.4) is 0 Å². The van der Waals surface area contributed by atoms with Crippen molar-refractivity contribution >= 4 is 35.0 Å². The van der Waals surface area contributed by atoms with Gasteiger partial charge >= 0.3 is 0 Å². The monoisotopic (exact) mass is 423 g/mol. The van der Waals surface area contributed by atoms with Gasteiger partial charge in [-0.2, -0.15) is 5.10 Å². The molecule has 2 aliphatic heterocycles. The Labute approximate surface area is 185 Å². The van der Waals surface area contributed by atoms with Crippen molar-refractivity contribution in [1.29, 1.82) is 0 Å². The molecule has 1 atom stereocenters. The van der Waals surface area contributed by atoms with Gasteiger partial charge in [0.2, 0.25) is 0 Å². The van der Waals surface area contributed by atoms with Crippen LogP contribution in [0.2, 0.25) is 5.02 Å². The number of nitrogens with zero attached hydrogens (tertiary/aromatic N) is 5. The molecule has 2 aromatic heterocycles. The van der Waals surface area contributed by atoms with Gasteiger partial charge in [-0.05, 0) is 66.6 Å². The fourth-order valence-electron chi connectivity index (χ4n) is 4.39. The summed E-state index contributed by atoms with van der Waals surface area (Å²) in [6.07, 6.45) is 7.92. The molecule has 4 heterocycles. The van der Waals surface area contributed by atoms with Gasteiger partial charge in [0.1, 0.15) is 5.84 Å². The molecule has 0 radical (unpaired) electrons. The number of hydrogen-bond donors (Lipinski definition) is 0. The number of rotatable bonds is 2. The van der Waals surface area contributed by atoms with E-state index in [0.29, 0.717) is 5.02 Å². The van der Waals surface area contributed by atoms with Crippen LogP contribution in [0.15, 0.2) is 84.1 Å². The van der Waals surface area contributed by atoms with Crippen molar-refractivity contribution in [2.24, 2.45) is 4.99 Å².